The van der Waals surface area contributed by atoms with E-state index in [0.717, 1.165) is 0 Å². The van der Waals surface area contributed by atoms with Crippen LogP contribution in [0.25, 0.3) is 10.8 Å². The van der Waals surface area contributed by atoms with Crippen molar-refractivity contribution >= 4 is 38.2 Å². The predicted molar refractivity (Wildman–Crippen MR) is 92.0 cm³/mol. The van der Waals surface area contributed by atoms with Crippen molar-refractivity contribution in [1.29, 1.82) is 0 Å². The summed E-state index contributed by atoms with van der Waals surface area (Å²) in [5.41, 5.74) is 0.105. The van der Waals surface area contributed by atoms with Gasteiger partial charge in [0.1, 0.15) is 11.4 Å². The van der Waals surface area contributed by atoms with Gasteiger partial charge in [-0.25, -0.2) is 0 Å². The second kappa shape index (κ2) is 6.67. The normalized spacial score (nSPS) is 11.9. The summed E-state index contributed by atoms with van der Waals surface area (Å²) in [5.74, 6) is 0.247. The topological polar surface area (TPSA) is 109 Å². The van der Waals surface area contributed by atoms with Crippen LogP contribution in [0.4, 0.5) is 5.69 Å². The summed E-state index contributed by atoms with van der Waals surface area (Å²) in [5, 5.41) is 18.8. The number of hydrogen-bond acceptors (Lipinski definition) is 6. The number of fused-ring (bicyclic) bond motifs is 1. The molecule has 0 aromatic heterocycles. The Morgan fingerprint density at radius 3 is 2.40 bits per heavy atom. The molecule has 0 fully saturated rings. The fourth-order valence-electron chi connectivity index (χ4n) is 2.15. The van der Waals surface area contributed by atoms with E-state index in [4.69, 9.17) is 21.0 Å². The summed E-state index contributed by atoms with van der Waals surface area (Å²) >= 11 is 5.77. The van der Waals surface area contributed by atoms with Gasteiger partial charge in [-0.3, -0.25) is 4.55 Å². The lowest BCUT2D eigenvalue weighted by Gasteiger charge is -2.05. The molecule has 25 heavy (non-hydrogen) atoms. The highest BCUT2D eigenvalue weighted by Crippen LogP contribution is 2.36. The number of phenols is 1. The van der Waals surface area contributed by atoms with Crippen molar-refractivity contribution in [3.05, 3.63) is 59.6 Å². The average Bonchev–Trinajstić information content (AvgIpc) is 2.57. The standard InChI is InChI=1S/C16H11ClN2O5S/c17-11-2-4-12(5-3-11)24-19-18-16-14-7-6-13(25(21,22)23)9-10(14)1-8-15(16)20/h1-9,20H,(H,21,22,23). The number of halogens is 1. The van der Waals surface area contributed by atoms with Crippen LogP contribution in [0.3, 0.4) is 0 Å². The van der Waals surface area contributed by atoms with Crippen molar-refractivity contribution in [2.75, 3.05) is 0 Å². The summed E-state index contributed by atoms with van der Waals surface area (Å²) in [7, 11) is -4.33. The van der Waals surface area contributed by atoms with E-state index >= 15 is 0 Å². The van der Waals surface area contributed by atoms with Crippen molar-refractivity contribution in [2.45, 2.75) is 4.90 Å². The molecule has 7 nitrogen and oxygen atoms in total. The first-order chi connectivity index (χ1) is 11.8. The second-order valence-corrected chi connectivity index (χ2v) is 6.88. The van der Waals surface area contributed by atoms with Gasteiger partial charge in [-0.2, -0.15) is 8.42 Å². The van der Waals surface area contributed by atoms with Gasteiger partial charge in [-0.05, 0) is 47.9 Å². The van der Waals surface area contributed by atoms with E-state index in [0.29, 0.717) is 21.5 Å². The largest absolute Gasteiger partial charge is 0.506 e. The Labute approximate surface area is 147 Å². The highest BCUT2D eigenvalue weighted by molar-refractivity contribution is 7.85. The Kier molecular flexibility index (Phi) is 4.58. The molecule has 3 aromatic rings. The summed E-state index contributed by atoms with van der Waals surface area (Å²) in [6.07, 6.45) is 0. The van der Waals surface area contributed by atoms with Crippen LogP contribution in [0, 0.1) is 0 Å². The van der Waals surface area contributed by atoms with Gasteiger partial charge in [0.05, 0.1) is 4.90 Å². The Balaban J connectivity index is 1.96. The van der Waals surface area contributed by atoms with Gasteiger partial charge < -0.3 is 9.94 Å². The Hall–Kier alpha value is -2.68. The average molecular weight is 379 g/mol. The maximum absolute atomic E-state index is 11.2. The van der Waals surface area contributed by atoms with E-state index < -0.39 is 10.1 Å². The molecule has 0 aliphatic carbocycles. The molecule has 0 amide bonds. The maximum Gasteiger partial charge on any atom is 0.294 e. The highest BCUT2D eigenvalue weighted by Gasteiger charge is 2.13. The number of hydrogen-bond donors (Lipinski definition) is 2. The smallest absolute Gasteiger partial charge is 0.294 e. The summed E-state index contributed by atoms with van der Waals surface area (Å²) < 4.78 is 31.5. The first-order valence-electron chi connectivity index (χ1n) is 6.91. The summed E-state index contributed by atoms with van der Waals surface area (Å²) in [4.78, 5) is 4.84. The van der Waals surface area contributed by atoms with Crippen LogP contribution in [-0.2, 0) is 10.1 Å². The molecule has 0 radical (unpaired) electrons. The minimum Gasteiger partial charge on any atom is -0.506 e. The fraction of sp³-hybridized carbons (Fsp3) is 0. The lowest BCUT2D eigenvalue weighted by molar-refractivity contribution is 0.312. The molecule has 0 saturated carbocycles. The van der Waals surface area contributed by atoms with E-state index in [1.807, 2.05) is 0 Å². The molecule has 0 aliphatic heterocycles. The molecule has 0 heterocycles. The van der Waals surface area contributed by atoms with Crippen LogP contribution in [0.2, 0.25) is 5.02 Å². The van der Waals surface area contributed by atoms with E-state index in [1.165, 1.54) is 30.3 Å². The Morgan fingerprint density at radius 2 is 1.72 bits per heavy atom. The molecule has 128 valence electrons. The SMILES string of the molecule is O=S(=O)(O)c1ccc2c(N=NOc3ccc(Cl)cc3)c(O)ccc2c1. The molecule has 0 saturated heterocycles. The fourth-order valence-corrected chi connectivity index (χ4v) is 2.79. The lowest BCUT2D eigenvalue weighted by atomic mass is 10.1. The van der Waals surface area contributed by atoms with Gasteiger partial charge in [-0.15, -0.1) is 5.11 Å². The number of nitrogens with zero attached hydrogens (tertiary/aromatic N) is 2. The summed E-state index contributed by atoms with van der Waals surface area (Å²) in [6.45, 7) is 0. The van der Waals surface area contributed by atoms with Crippen molar-refractivity contribution in [3.63, 3.8) is 0 Å². The first-order valence-corrected chi connectivity index (χ1v) is 8.73. The second-order valence-electron chi connectivity index (χ2n) is 5.02. The minimum absolute atomic E-state index is 0.105. The van der Waals surface area contributed by atoms with Crippen molar-refractivity contribution in [2.24, 2.45) is 10.4 Å². The molecular formula is C16H11ClN2O5S. The molecule has 3 aromatic carbocycles. The predicted octanol–water partition coefficient (Wildman–Crippen LogP) is 4.52. The molecule has 0 spiro atoms. The monoisotopic (exact) mass is 378 g/mol. The van der Waals surface area contributed by atoms with Crippen LogP contribution in [0.15, 0.2) is 69.9 Å². The van der Waals surface area contributed by atoms with Crippen LogP contribution >= 0.6 is 11.6 Å². The van der Waals surface area contributed by atoms with Crippen molar-refractivity contribution in [3.8, 4) is 11.5 Å². The molecule has 0 unspecified atom stereocenters. The van der Waals surface area contributed by atoms with Crippen LogP contribution in [0.1, 0.15) is 0 Å². The van der Waals surface area contributed by atoms with Gasteiger partial charge in [-0.1, -0.05) is 23.7 Å². The van der Waals surface area contributed by atoms with Crippen LogP contribution in [-0.4, -0.2) is 18.1 Å². The number of aromatic hydroxyl groups is 1. The lowest BCUT2D eigenvalue weighted by Crippen LogP contribution is -1.97. The molecule has 9 heteroatoms. The van der Waals surface area contributed by atoms with Gasteiger partial charge in [0.25, 0.3) is 10.1 Å². The zero-order valence-electron chi connectivity index (χ0n) is 12.5. The third-order valence-corrected chi connectivity index (χ3v) is 4.44. The minimum atomic E-state index is -4.33. The Morgan fingerprint density at radius 1 is 1.00 bits per heavy atom. The van der Waals surface area contributed by atoms with Gasteiger partial charge in [0, 0.05) is 15.7 Å². The van der Waals surface area contributed by atoms with Gasteiger partial charge >= 0.3 is 0 Å². The molecule has 3 rings (SSSR count). The molecular weight excluding hydrogens is 368 g/mol. The van der Waals surface area contributed by atoms with E-state index in [-0.39, 0.29) is 16.3 Å². The molecule has 0 aliphatic rings. The van der Waals surface area contributed by atoms with E-state index in [2.05, 4.69) is 10.4 Å². The summed E-state index contributed by atoms with van der Waals surface area (Å²) in [6, 6.07) is 13.2. The number of benzene rings is 3. The first kappa shape index (κ1) is 17.2. The zero-order valence-corrected chi connectivity index (χ0v) is 14.1. The van der Waals surface area contributed by atoms with E-state index in [9.17, 15) is 13.5 Å². The third-order valence-electron chi connectivity index (χ3n) is 3.34. The number of rotatable bonds is 4. The third kappa shape index (κ3) is 3.87. The van der Waals surface area contributed by atoms with E-state index in [1.54, 1.807) is 24.3 Å². The quantitative estimate of drug-likeness (QED) is 0.394. The highest BCUT2D eigenvalue weighted by atomic mass is 35.5. The molecule has 2 N–H and O–H groups in total. The molecule has 0 bridgehead atoms. The van der Waals surface area contributed by atoms with Gasteiger partial charge in [0.15, 0.2) is 5.75 Å². The van der Waals surface area contributed by atoms with Crippen LogP contribution in [0.5, 0.6) is 11.5 Å². The zero-order chi connectivity index (χ0) is 18.0. The van der Waals surface area contributed by atoms with Crippen LogP contribution < -0.4 is 4.84 Å². The van der Waals surface area contributed by atoms with Crippen molar-refractivity contribution < 1.29 is 22.9 Å². The van der Waals surface area contributed by atoms with Gasteiger partial charge in [0.2, 0.25) is 0 Å². The maximum atomic E-state index is 11.2. The molecule has 0 atom stereocenters. The number of phenolic OH excluding ortho intramolecular Hbond substituents is 1. The van der Waals surface area contributed by atoms with Crippen molar-refractivity contribution in [1.82, 2.24) is 0 Å². The Bertz CT molecular complexity index is 1070.